The predicted molar refractivity (Wildman–Crippen MR) is 74.5 cm³/mol. The molecule has 8 heteroatoms. The van der Waals surface area contributed by atoms with Crippen LogP contribution in [0.25, 0.3) is 10.9 Å². The summed E-state index contributed by atoms with van der Waals surface area (Å²) in [5, 5.41) is 2.93. The second kappa shape index (κ2) is 5.65. The Morgan fingerprint density at radius 3 is 2.67 bits per heavy atom. The first kappa shape index (κ1) is 15.8. The average Bonchev–Trinajstić information content (AvgIpc) is 2.41. The molecule has 114 valence electrons. The summed E-state index contributed by atoms with van der Waals surface area (Å²) < 4.78 is 39.2. The van der Waals surface area contributed by atoms with Gasteiger partial charge < -0.3 is 5.32 Å². The fraction of sp³-hybridized carbons (Fsp3) is 0.385. The Bertz CT molecular complexity index is 727. The van der Waals surface area contributed by atoms with Crippen molar-refractivity contribution in [1.82, 2.24) is 14.9 Å². The lowest BCUT2D eigenvalue weighted by atomic mass is 10.1. The number of hydrogen-bond acceptors (Lipinski definition) is 3. The number of benzene rings is 1. The SMILES string of the molecule is CNC(C)Cn1c(Cl)nc2cc(C(F)(F)F)ccc2c1=O. The van der Waals surface area contributed by atoms with Gasteiger partial charge in [-0.3, -0.25) is 9.36 Å². The second-order valence-electron chi connectivity index (χ2n) is 4.72. The third-order valence-corrected chi connectivity index (χ3v) is 3.47. The predicted octanol–water partition coefficient (Wildman–Crippen LogP) is 2.68. The third kappa shape index (κ3) is 3.19. The minimum atomic E-state index is -4.49. The molecule has 0 aliphatic heterocycles. The summed E-state index contributed by atoms with van der Waals surface area (Å²) in [5.41, 5.74) is -1.38. The Hall–Kier alpha value is -1.60. The highest BCUT2D eigenvalue weighted by Gasteiger charge is 2.31. The molecular formula is C13H13ClF3N3O. The molecule has 0 radical (unpaired) electrons. The Kier molecular flexibility index (Phi) is 4.25. The molecule has 0 amide bonds. The zero-order valence-electron chi connectivity index (χ0n) is 11.3. The summed E-state index contributed by atoms with van der Waals surface area (Å²) in [5.74, 6) is 0. The molecule has 0 saturated carbocycles. The third-order valence-electron chi connectivity index (χ3n) is 3.19. The molecule has 21 heavy (non-hydrogen) atoms. The topological polar surface area (TPSA) is 46.9 Å². The number of nitrogens with one attached hydrogen (secondary N) is 1. The minimum Gasteiger partial charge on any atom is -0.315 e. The van der Waals surface area contributed by atoms with E-state index in [9.17, 15) is 18.0 Å². The summed E-state index contributed by atoms with van der Waals surface area (Å²) in [6.07, 6.45) is -4.49. The van der Waals surface area contributed by atoms with Crippen molar-refractivity contribution >= 4 is 22.5 Å². The molecule has 1 N–H and O–H groups in total. The molecule has 1 heterocycles. The van der Waals surface area contributed by atoms with Crippen molar-refractivity contribution in [2.75, 3.05) is 7.05 Å². The minimum absolute atomic E-state index is 0.0334. The largest absolute Gasteiger partial charge is 0.416 e. The molecule has 0 aliphatic carbocycles. The Balaban J connectivity index is 2.61. The van der Waals surface area contributed by atoms with Crippen molar-refractivity contribution in [3.8, 4) is 0 Å². The maximum Gasteiger partial charge on any atom is 0.416 e. The van der Waals surface area contributed by atoms with Gasteiger partial charge >= 0.3 is 6.18 Å². The fourth-order valence-corrected chi connectivity index (χ4v) is 2.13. The summed E-state index contributed by atoms with van der Waals surface area (Å²) in [6.45, 7) is 2.12. The second-order valence-corrected chi connectivity index (χ2v) is 5.05. The van der Waals surface area contributed by atoms with E-state index in [0.29, 0.717) is 0 Å². The van der Waals surface area contributed by atoms with E-state index >= 15 is 0 Å². The fourth-order valence-electron chi connectivity index (χ4n) is 1.89. The van der Waals surface area contributed by atoms with Crippen molar-refractivity contribution in [2.24, 2.45) is 0 Å². The van der Waals surface area contributed by atoms with Gasteiger partial charge in [-0.25, -0.2) is 4.98 Å². The van der Waals surface area contributed by atoms with Crippen molar-refractivity contribution in [3.63, 3.8) is 0 Å². The molecule has 0 saturated heterocycles. The monoisotopic (exact) mass is 319 g/mol. The number of alkyl halides is 3. The summed E-state index contributed by atoms with van der Waals surface area (Å²) >= 11 is 5.92. The lowest BCUT2D eigenvalue weighted by Crippen LogP contribution is -2.33. The van der Waals surface area contributed by atoms with Gasteiger partial charge in [0.05, 0.1) is 16.5 Å². The molecule has 0 spiro atoms. The van der Waals surface area contributed by atoms with Gasteiger partial charge in [-0.05, 0) is 43.8 Å². The number of fused-ring (bicyclic) bond motifs is 1. The van der Waals surface area contributed by atoms with E-state index in [1.807, 2.05) is 6.92 Å². The van der Waals surface area contributed by atoms with Crippen LogP contribution in [-0.4, -0.2) is 22.6 Å². The van der Waals surface area contributed by atoms with Gasteiger partial charge in [-0.2, -0.15) is 13.2 Å². The highest BCUT2D eigenvalue weighted by atomic mass is 35.5. The van der Waals surface area contributed by atoms with Crippen LogP contribution in [0.4, 0.5) is 13.2 Å². The van der Waals surface area contributed by atoms with E-state index < -0.39 is 17.3 Å². The van der Waals surface area contributed by atoms with Crippen LogP contribution < -0.4 is 10.9 Å². The standard InChI is InChI=1S/C13H13ClF3N3O/c1-7(18-2)6-20-11(21)9-4-3-8(13(15,16)17)5-10(9)19-12(20)14/h3-5,7,18H,6H2,1-2H3. The van der Waals surface area contributed by atoms with Crippen LogP contribution in [0.5, 0.6) is 0 Å². The highest BCUT2D eigenvalue weighted by Crippen LogP contribution is 2.30. The molecule has 0 fully saturated rings. The first-order valence-corrected chi connectivity index (χ1v) is 6.56. The van der Waals surface area contributed by atoms with Crippen LogP contribution in [0.1, 0.15) is 12.5 Å². The molecule has 4 nitrogen and oxygen atoms in total. The van der Waals surface area contributed by atoms with E-state index in [4.69, 9.17) is 11.6 Å². The quantitative estimate of drug-likeness (QED) is 0.885. The van der Waals surface area contributed by atoms with E-state index in [1.165, 1.54) is 4.57 Å². The average molecular weight is 320 g/mol. The molecule has 2 aromatic rings. The van der Waals surface area contributed by atoms with Crippen LogP contribution >= 0.6 is 11.6 Å². The van der Waals surface area contributed by atoms with E-state index in [1.54, 1.807) is 7.05 Å². The molecule has 1 aromatic carbocycles. The zero-order chi connectivity index (χ0) is 15.8. The zero-order valence-corrected chi connectivity index (χ0v) is 12.1. The normalized spacial score (nSPS) is 13.6. The molecule has 2 rings (SSSR count). The van der Waals surface area contributed by atoms with Crippen LogP contribution in [0.15, 0.2) is 23.0 Å². The summed E-state index contributed by atoms with van der Waals surface area (Å²) in [7, 11) is 1.73. The van der Waals surface area contributed by atoms with Crippen LogP contribution in [0.3, 0.4) is 0 Å². The molecule has 0 bridgehead atoms. The van der Waals surface area contributed by atoms with Gasteiger partial charge in [-0.1, -0.05) is 0 Å². The summed E-state index contributed by atoms with van der Waals surface area (Å²) in [4.78, 5) is 16.2. The maximum atomic E-state index is 12.7. The van der Waals surface area contributed by atoms with Gasteiger partial charge in [0.1, 0.15) is 0 Å². The molecular weight excluding hydrogens is 307 g/mol. The number of halogens is 4. The van der Waals surface area contributed by atoms with Gasteiger partial charge in [-0.15, -0.1) is 0 Å². The van der Waals surface area contributed by atoms with Gasteiger partial charge in [0.2, 0.25) is 5.28 Å². The van der Waals surface area contributed by atoms with Gasteiger partial charge in [0.25, 0.3) is 5.56 Å². The molecule has 1 atom stereocenters. The Morgan fingerprint density at radius 1 is 1.43 bits per heavy atom. The Morgan fingerprint density at radius 2 is 2.10 bits per heavy atom. The van der Waals surface area contributed by atoms with Gasteiger partial charge in [0.15, 0.2) is 0 Å². The van der Waals surface area contributed by atoms with Crippen molar-refractivity contribution in [3.05, 3.63) is 39.4 Å². The van der Waals surface area contributed by atoms with E-state index in [-0.39, 0.29) is 28.8 Å². The van der Waals surface area contributed by atoms with E-state index in [0.717, 1.165) is 18.2 Å². The van der Waals surface area contributed by atoms with Crippen molar-refractivity contribution in [1.29, 1.82) is 0 Å². The van der Waals surface area contributed by atoms with Crippen molar-refractivity contribution in [2.45, 2.75) is 25.7 Å². The summed E-state index contributed by atoms with van der Waals surface area (Å²) in [6, 6.07) is 2.79. The van der Waals surface area contributed by atoms with Gasteiger partial charge in [0, 0.05) is 12.6 Å². The number of rotatable bonds is 3. The van der Waals surface area contributed by atoms with Crippen molar-refractivity contribution < 1.29 is 13.2 Å². The molecule has 1 unspecified atom stereocenters. The number of aromatic nitrogens is 2. The number of hydrogen-bond donors (Lipinski definition) is 1. The van der Waals surface area contributed by atoms with Crippen LogP contribution in [0, 0.1) is 0 Å². The first-order valence-electron chi connectivity index (χ1n) is 6.18. The van der Waals surface area contributed by atoms with Crippen LogP contribution in [0.2, 0.25) is 5.28 Å². The molecule has 1 aromatic heterocycles. The van der Waals surface area contributed by atoms with Crippen LogP contribution in [-0.2, 0) is 12.7 Å². The van der Waals surface area contributed by atoms with E-state index in [2.05, 4.69) is 10.3 Å². The first-order chi connectivity index (χ1) is 9.74. The lowest BCUT2D eigenvalue weighted by Gasteiger charge is -2.15. The highest BCUT2D eigenvalue weighted by molar-refractivity contribution is 6.28. The number of nitrogens with zero attached hydrogens (tertiary/aromatic N) is 2. The smallest absolute Gasteiger partial charge is 0.315 e. The molecule has 0 aliphatic rings. The Labute approximate surface area is 123 Å². The lowest BCUT2D eigenvalue weighted by molar-refractivity contribution is -0.137. The maximum absolute atomic E-state index is 12.7. The number of likely N-dealkylation sites (N-methyl/N-ethyl adjacent to an activating group) is 1.